The van der Waals surface area contributed by atoms with Crippen molar-refractivity contribution in [2.24, 2.45) is 7.05 Å². The van der Waals surface area contributed by atoms with E-state index in [1.54, 1.807) is 0 Å². The Morgan fingerprint density at radius 2 is 2.00 bits per heavy atom. The minimum atomic E-state index is -1.47. The lowest BCUT2D eigenvalue weighted by molar-refractivity contribution is -0.146. The number of nitrogens with zero attached hydrogens (tertiary/aromatic N) is 1. The molecule has 1 atom stereocenters. The molecule has 0 aliphatic heterocycles. The lowest BCUT2D eigenvalue weighted by atomic mass is 10.0. The molecule has 1 aromatic carbocycles. The second-order valence-electron chi connectivity index (χ2n) is 4.32. The highest BCUT2D eigenvalue weighted by atomic mass is 16.4. The first kappa shape index (κ1) is 11.7. The van der Waals surface area contributed by atoms with Gasteiger partial charge in [-0.3, -0.25) is 0 Å². The third-order valence-electron chi connectivity index (χ3n) is 3.21. The summed E-state index contributed by atoms with van der Waals surface area (Å²) in [5.41, 5.74) is 3.31. The average molecular weight is 233 g/mol. The zero-order valence-electron chi connectivity index (χ0n) is 10.1. The van der Waals surface area contributed by atoms with Gasteiger partial charge in [0.05, 0.1) is 0 Å². The summed E-state index contributed by atoms with van der Waals surface area (Å²) < 4.78 is 1.91. The Kier molecular flexibility index (Phi) is 2.67. The van der Waals surface area contributed by atoms with E-state index in [-0.39, 0.29) is 0 Å². The van der Waals surface area contributed by atoms with Crippen LogP contribution in [0.2, 0.25) is 0 Å². The number of aliphatic hydroxyl groups excluding tert-OH is 1. The molecule has 0 aliphatic carbocycles. The third-order valence-corrected chi connectivity index (χ3v) is 3.21. The molecular formula is C13H15NO3. The van der Waals surface area contributed by atoms with Crippen LogP contribution in [-0.2, 0) is 11.8 Å². The van der Waals surface area contributed by atoms with Gasteiger partial charge in [0.25, 0.3) is 0 Å². The number of hydrogen-bond donors (Lipinski definition) is 2. The van der Waals surface area contributed by atoms with Crippen LogP contribution in [0.25, 0.3) is 10.9 Å². The molecule has 2 N–H and O–H groups in total. The van der Waals surface area contributed by atoms with Crippen molar-refractivity contribution in [2.45, 2.75) is 20.0 Å². The van der Waals surface area contributed by atoms with Gasteiger partial charge in [-0.2, -0.15) is 0 Å². The molecule has 0 aliphatic rings. The van der Waals surface area contributed by atoms with Crippen molar-refractivity contribution in [3.05, 3.63) is 35.0 Å². The molecule has 0 fully saturated rings. The van der Waals surface area contributed by atoms with Crippen molar-refractivity contribution in [3.8, 4) is 0 Å². The Balaban J connectivity index is 2.80. The van der Waals surface area contributed by atoms with Gasteiger partial charge in [0.1, 0.15) is 0 Å². The second kappa shape index (κ2) is 3.89. The SMILES string of the molecule is Cc1ccc2c(C(O)C(=O)O)c(C)n(C)c2c1. The highest BCUT2D eigenvalue weighted by Gasteiger charge is 2.24. The lowest BCUT2D eigenvalue weighted by Gasteiger charge is -2.06. The molecule has 0 saturated carbocycles. The Labute approximate surface area is 99.1 Å². The van der Waals surface area contributed by atoms with Crippen molar-refractivity contribution in [3.63, 3.8) is 0 Å². The molecule has 4 heteroatoms. The Morgan fingerprint density at radius 3 is 2.59 bits per heavy atom. The molecule has 1 heterocycles. The Hall–Kier alpha value is -1.81. The van der Waals surface area contributed by atoms with E-state index >= 15 is 0 Å². The number of benzene rings is 1. The molecular weight excluding hydrogens is 218 g/mol. The van der Waals surface area contributed by atoms with Gasteiger partial charge < -0.3 is 14.8 Å². The van der Waals surface area contributed by atoms with Crippen molar-refractivity contribution in [1.29, 1.82) is 0 Å². The molecule has 2 aromatic rings. The van der Waals surface area contributed by atoms with E-state index in [1.807, 2.05) is 43.7 Å². The smallest absolute Gasteiger partial charge is 0.337 e. The topological polar surface area (TPSA) is 62.5 Å². The van der Waals surface area contributed by atoms with Gasteiger partial charge in [-0.05, 0) is 25.5 Å². The van der Waals surface area contributed by atoms with Crippen LogP contribution in [0.1, 0.15) is 22.9 Å². The van der Waals surface area contributed by atoms with E-state index < -0.39 is 12.1 Å². The lowest BCUT2D eigenvalue weighted by Crippen LogP contribution is -2.11. The maximum Gasteiger partial charge on any atom is 0.337 e. The first-order valence-corrected chi connectivity index (χ1v) is 5.40. The fourth-order valence-corrected chi connectivity index (χ4v) is 2.17. The van der Waals surface area contributed by atoms with Gasteiger partial charge in [-0.1, -0.05) is 12.1 Å². The van der Waals surface area contributed by atoms with Crippen molar-refractivity contribution in [1.82, 2.24) is 4.57 Å². The number of hydrogen-bond acceptors (Lipinski definition) is 2. The van der Waals surface area contributed by atoms with E-state index in [1.165, 1.54) is 0 Å². The van der Waals surface area contributed by atoms with Crippen LogP contribution >= 0.6 is 0 Å². The molecule has 1 aromatic heterocycles. The maximum absolute atomic E-state index is 10.9. The minimum absolute atomic E-state index is 0.481. The third kappa shape index (κ3) is 1.70. The average Bonchev–Trinajstić information content (AvgIpc) is 2.51. The quantitative estimate of drug-likeness (QED) is 0.832. The fourth-order valence-electron chi connectivity index (χ4n) is 2.17. The van der Waals surface area contributed by atoms with Gasteiger partial charge in [0.15, 0.2) is 6.10 Å². The van der Waals surface area contributed by atoms with Crippen LogP contribution in [0.3, 0.4) is 0 Å². The van der Waals surface area contributed by atoms with Crippen LogP contribution in [0, 0.1) is 13.8 Å². The predicted octanol–water partition coefficient (Wildman–Crippen LogP) is 1.91. The fraction of sp³-hybridized carbons (Fsp3) is 0.308. The molecule has 0 saturated heterocycles. The first-order valence-electron chi connectivity index (χ1n) is 5.40. The number of carboxylic acids is 1. The predicted molar refractivity (Wildman–Crippen MR) is 65.0 cm³/mol. The first-order chi connectivity index (χ1) is 7.93. The monoisotopic (exact) mass is 233 g/mol. The molecule has 0 bridgehead atoms. The molecule has 0 spiro atoms. The molecule has 0 amide bonds. The largest absolute Gasteiger partial charge is 0.479 e. The number of aliphatic carboxylic acids is 1. The van der Waals surface area contributed by atoms with E-state index in [0.29, 0.717) is 5.56 Å². The summed E-state index contributed by atoms with van der Waals surface area (Å²) >= 11 is 0. The zero-order chi connectivity index (χ0) is 12.7. The highest BCUT2D eigenvalue weighted by molar-refractivity contribution is 5.90. The number of aliphatic hydroxyl groups is 1. The number of fused-ring (bicyclic) bond motifs is 1. The molecule has 1 unspecified atom stereocenters. The van der Waals surface area contributed by atoms with Crippen LogP contribution in [-0.4, -0.2) is 20.7 Å². The second-order valence-corrected chi connectivity index (χ2v) is 4.32. The summed E-state index contributed by atoms with van der Waals surface area (Å²) in [6.07, 6.45) is -1.47. The summed E-state index contributed by atoms with van der Waals surface area (Å²) in [7, 11) is 1.87. The van der Waals surface area contributed by atoms with E-state index in [4.69, 9.17) is 5.11 Å². The molecule has 90 valence electrons. The van der Waals surface area contributed by atoms with Crippen LogP contribution < -0.4 is 0 Å². The summed E-state index contributed by atoms with van der Waals surface area (Å²) in [6, 6.07) is 5.76. The summed E-state index contributed by atoms with van der Waals surface area (Å²) in [5.74, 6) is -1.22. The van der Waals surface area contributed by atoms with Crippen molar-refractivity contribution in [2.75, 3.05) is 0 Å². The Morgan fingerprint density at radius 1 is 1.35 bits per heavy atom. The van der Waals surface area contributed by atoms with Crippen molar-refractivity contribution < 1.29 is 15.0 Å². The zero-order valence-corrected chi connectivity index (χ0v) is 10.1. The van der Waals surface area contributed by atoms with Crippen molar-refractivity contribution >= 4 is 16.9 Å². The van der Waals surface area contributed by atoms with Gasteiger partial charge in [-0.25, -0.2) is 4.79 Å². The Bertz CT molecular complexity index is 598. The number of aryl methyl sites for hydroxylation is 2. The summed E-state index contributed by atoms with van der Waals surface area (Å²) in [5, 5.41) is 19.5. The number of carbonyl (C=O) groups is 1. The van der Waals surface area contributed by atoms with Crippen LogP contribution in [0.5, 0.6) is 0 Å². The summed E-state index contributed by atoms with van der Waals surface area (Å²) in [4.78, 5) is 10.9. The molecule has 0 radical (unpaired) electrons. The number of aromatic nitrogens is 1. The van der Waals surface area contributed by atoms with Crippen LogP contribution in [0.15, 0.2) is 18.2 Å². The van der Waals surface area contributed by atoms with E-state index in [0.717, 1.165) is 22.2 Å². The number of carboxylic acid groups (broad SMARTS) is 1. The molecule has 17 heavy (non-hydrogen) atoms. The molecule has 4 nitrogen and oxygen atoms in total. The standard InChI is InChI=1S/C13H15NO3/c1-7-4-5-9-10(6-7)14(3)8(2)11(9)12(15)13(16)17/h4-6,12,15H,1-3H3,(H,16,17). The van der Waals surface area contributed by atoms with Gasteiger partial charge in [0.2, 0.25) is 0 Å². The summed E-state index contributed by atoms with van der Waals surface area (Å²) in [6.45, 7) is 3.80. The normalized spacial score (nSPS) is 12.9. The van der Waals surface area contributed by atoms with Gasteiger partial charge in [0, 0.05) is 29.2 Å². The maximum atomic E-state index is 10.9. The van der Waals surface area contributed by atoms with Gasteiger partial charge in [-0.15, -0.1) is 0 Å². The highest BCUT2D eigenvalue weighted by Crippen LogP contribution is 2.30. The minimum Gasteiger partial charge on any atom is -0.479 e. The molecule has 2 rings (SSSR count). The number of rotatable bonds is 2. The van der Waals surface area contributed by atoms with Crippen LogP contribution in [0.4, 0.5) is 0 Å². The van der Waals surface area contributed by atoms with E-state index in [9.17, 15) is 9.90 Å². The van der Waals surface area contributed by atoms with Gasteiger partial charge >= 0.3 is 5.97 Å². The van der Waals surface area contributed by atoms with E-state index in [2.05, 4.69) is 0 Å².